The molecule has 3 N–H and O–H groups in total. The van der Waals surface area contributed by atoms with Gasteiger partial charge in [-0.15, -0.1) is 0 Å². The van der Waals surface area contributed by atoms with Crippen LogP contribution < -0.4 is 10.5 Å². The van der Waals surface area contributed by atoms with Crippen LogP contribution in [0.3, 0.4) is 0 Å². The smallest absolute Gasteiger partial charge is 0.274 e. The first kappa shape index (κ1) is 15.6. The normalized spacial score (nSPS) is 11.2. The van der Waals surface area contributed by atoms with Crippen LogP contribution in [0.1, 0.15) is 16.1 Å². The van der Waals surface area contributed by atoms with Crippen LogP contribution in [-0.4, -0.2) is 19.3 Å². The van der Waals surface area contributed by atoms with Gasteiger partial charge in [-0.25, -0.2) is 18.5 Å². The number of anilines is 1. The minimum absolute atomic E-state index is 0.0628. The number of pyridine rings is 1. The van der Waals surface area contributed by atoms with Gasteiger partial charge >= 0.3 is 0 Å². The first-order valence-corrected chi connectivity index (χ1v) is 8.17. The van der Waals surface area contributed by atoms with Gasteiger partial charge < -0.3 is 5.32 Å². The summed E-state index contributed by atoms with van der Waals surface area (Å²) in [6, 6.07) is 7.53. The fourth-order valence-electron chi connectivity index (χ4n) is 1.61. The quantitative estimate of drug-likeness (QED) is 0.863. The molecule has 6 nitrogen and oxygen atoms in total. The Bertz CT molecular complexity index is 789. The predicted molar refractivity (Wildman–Crippen MR) is 82.4 cm³/mol. The molecule has 0 aliphatic rings. The van der Waals surface area contributed by atoms with E-state index in [1.165, 1.54) is 18.3 Å². The van der Waals surface area contributed by atoms with E-state index in [2.05, 4.69) is 26.2 Å². The summed E-state index contributed by atoms with van der Waals surface area (Å²) in [5.41, 5.74) is 1.31. The van der Waals surface area contributed by atoms with E-state index in [4.69, 9.17) is 5.14 Å². The van der Waals surface area contributed by atoms with Gasteiger partial charge in [0.05, 0.1) is 4.90 Å². The highest BCUT2D eigenvalue weighted by Crippen LogP contribution is 2.20. The predicted octanol–water partition coefficient (Wildman–Crippen LogP) is 2.05. The number of carbonyl (C=O) groups is 1. The Morgan fingerprint density at radius 1 is 1.29 bits per heavy atom. The molecule has 110 valence electrons. The van der Waals surface area contributed by atoms with Crippen LogP contribution in [0, 0.1) is 6.92 Å². The molecule has 0 atom stereocenters. The van der Waals surface area contributed by atoms with Crippen molar-refractivity contribution in [1.29, 1.82) is 0 Å². The summed E-state index contributed by atoms with van der Waals surface area (Å²) in [5, 5.41) is 7.70. The van der Waals surface area contributed by atoms with Gasteiger partial charge in [-0.05, 0) is 52.7 Å². The van der Waals surface area contributed by atoms with Crippen molar-refractivity contribution in [2.75, 3.05) is 5.32 Å². The van der Waals surface area contributed by atoms with Gasteiger partial charge in [0.15, 0.2) is 0 Å². The Hall–Kier alpha value is -1.77. The Morgan fingerprint density at radius 2 is 2.00 bits per heavy atom. The molecular formula is C13H12BrN3O3S. The van der Waals surface area contributed by atoms with Crippen molar-refractivity contribution in [3.05, 3.63) is 52.3 Å². The molecule has 1 amide bonds. The number of carbonyl (C=O) groups excluding carboxylic acids is 1. The van der Waals surface area contributed by atoms with Crippen molar-refractivity contribution in [3.63, 3.8) is 0 Å². The van der Waals surface area contributed by atoms with E-state index >= 15 is 0 Å². The van der Waals surface area contributed by atoms with E-state index in [9.17, 15) is 13.2 Å². The number of rotatable bonds is 3. The van der Waals surface area contributed by atoms with E-state index in [1.807, 2.05) is 0 Å². The zero-order valence-electron chi connectivity index (χ0n) is 11.0. The lowest BCUT2D eigenvalue weighted by Crippen LogP contribution is -2.16. The average molecular weight is 370 g/mol. The Morgan fingerprint density at radius 3 is 2.57 bits per heavy atom. The van der Waals surface area contributed by atoms with Crippen molar-refractivity contribution < 1.29 is 13.2 Å². The maximum atomic E-state index is 12.1. The van der Waals surface area contributed by atoms with Crippen molar-refractivity contribution in [3.8, 4) is 0 Å². The second-order valence-electron chi connectivity index (χ2n) is 4.34. The lowest BCUT2D eigenvalue weighted by Gasteiger charge is -2.09. The van der Waals surface area contributed by atoms with Gasteiger partial charge in [0.2, 0.25) is 10.0 Å². The molecule has 0 bridgehead atoms. The summed E-state index contributed by atoms with van der Waals surface area (Å²) >= 11 is 3.23. The molecule has 0 spiro atoms. The molecule has 0 fully saturated rings. The second kappa shape index (κ2) is 5.92. The van der Waals surface area contributed by atoms with Gasteiger partial charge in [-0.2, -0.15) is 0 Å². The van der Waals surface area contributed by atoms with Crippen molar-refractivity contribution in [1.82, 2.24) is 4.98 Å². The zero-order chi connectivity index (χ0) is 15.6. The zero-order valence-corrected chi connectivity index (χ0v) is 13.4. The Balaban J connectivity index is 2.31. The third-order valence-corrected chi connectivity index (χ3v) is 4.13. The van der Waals surface area contributed by atoms with Crippen LogP contribution >= 0.6 is 15.9 Å². The number of nitrogens with one attached hydrogen (secondary N) is 1. The molecule has 0 aliphatic heterocycles. The van der Waals surface area contributed by atoms with Crippen molar-refractivity contribution in [2.45, 2.75) is 11.8 Å². The maximum absolute atomic E-state index is 12.1. The van der Waals surface area contributed by atoms with E-state index in [-0.39, 0.29) is 10.6 Å². The standard InChI is InChI=1S/C13H12BrN3O3S/c1-8-2-4-10(21(15,19)20)6-12(8)17-13(18)11-5-3-9(14)7-16-11/h2-7H,1H3,(H,17,18)(H2,15,19,20). The van der Waals surface area contributed by atoms with Gasteiger partial charge in [0, 0.05) is 16.4 Å². The third kappa shape index (κ3) is 3.87. The molecule has 0 radical (unpaired) electrons. The number of aromatic nitrogens is 1. The molecule has 8 heteroatoms. The highest BCUT2D eigenvalue weighted by molar-refractivity contribution is 9.10. The summed E-state index contributed by atoms with van der Waals surface area (Å²) in [7, 11) is -3.82. The number of hydrogen-bond donors (Lipinski definition) is 2. The number of nitrogens with zero attached hydrogens (tertiary/aromatic N) is 1. The van der Waals surface area contributed by atoms with Crippen LogP contribution in [0.25, 0.3) is 0 Å². The van der Waals surface area contributed by atoms with E-state index in [0.29, 0.717) is 11.3 Å². The molecule has 0 saturated heterocycles. The summed E-state index contributed by atoms with van der Waals surface area (Å²) in [6.45, 7) is 1.75. The molecule has 1 aromatic carbocycles. The molecule has 2 aromatic rings. The van der Waals surface area contributed by atoms with Gasteiger partial charge in [-0.3, -0.25) is 4.79 Å². The number of hydrogen-bond acceptors (Lipinski definition) is 4. The summed E-state index contributed by atoms with van der Waals surface area (Å²) in [5.74, 6) is -0.433. The number of benzene rings is 1. The molecule has 0 saturated carbocycles. The van der Waals surface area contributed by atoms with Crippen LogP contribution in [0.2, 0.25) is 0 Å². The number of aryl methyl sites for hydroxylation is 1. The summed E-state index contributed by atoms with van der Waals surface area (Å²) in [6.07, 6.45) is 1.50. The van der Waals surface area contributed by atoms with Crippen molar-refractivity contribution >= 4 is 37.5 Å². The minimum Gasteiger partial charge on any atom is -0.320 e. The monoisotopic (exact) mass is 369 g/mol. The fourth-order valence-corrected chi connectivity index (χ4v) is 2.38. The van der Waals surface area contributed by atoms with E-state index < -0.39 is 15.9 Å². The lowest BCUT2D eigenvalue weighted by atomic mass is 10.2. The van der Waals surface area contributed by atoms with Crippen LogP contribution in [0.15, 0.2) is 45.9 Å². The lowest BCUT2D eigenvalue weighted by molar-refractivity contribution is 0.102. The maximum Gasteiger partial charge on any atom is 0.274 e. The number of halogens is 1. The topological polar surface area (TPSA) is 102 Å². The number of amides is 1. The fraction of sp³-hybridized carbons (Fsp3) is 0.0769. The molecule has 21 heavy (non-hydrogen) atoms. The molecule has 1 aromatic heterocycles. The van der Waals surface area contributed by atoms with Crippen molar-refractivity contribution in [2.24, 2.45) is 5.14 Å². The third-order valence-electron chi connectivity index (χ3n) is 2.75. The van der Waals surface area contributed by atoms with Gasteiger partial charge in [0.25, 0.3) is 5.91 Å². The van der Waals surface area contributed by atoms with E-state index in [1.54, 1.807) is 25.1 Å². The molecule has 2 rings (SSSR count). The average Bonchev–Trinajstić information content (AvgIpc) is 2.40. The second-order valence-corrected chi connectivity index (χ2v) is 6.81. The number of primary sulfonamides is 1. The summed E-state index contributed by atoms with van der Waals surface area (Å²) in [4.78, 5) is 16.0. The van der Waals surface area contributed by atoms with Crippen LogP contribution in [0.4, 0.5) is 5.69 Å². The molecule has 1 heterocycles. The Labute approximate surface area is 130 Å². The highest BCUT2D eigenvalue weighted by atomic mass is 79.9. The largest absolute Gasteiger partial charge is 0.320 e. The number of nitrogens with two attached hydrogens (primary N) is 1. The van der Waals surface area contributed by atoms with Gasteiger partial charge in [-0.1, -0.05) is 6.07 Å². The highest BCUT2D eigenvalue weighted by Gasteiger charge is 2.13. The Kier molecular flexibility index (Phi) is 4.40. The molecule has 0 unspecified atom stereocenters. The van der Waals surface area contributed by atoms with Crippen LogP contribution in [-0.2, 0) is 10.0 Å². The van der Waals surface area contributed by atoms with Crippen LogP contribution in [0.5, 0.6) is 0 Å². The first-order valence-electron chi connectivity index (χ1n) is 5.84. The van der Waals surface area contributed by atoms with E-state index in [0.717, 1.165) is 4.47 Å². The molecular weight excluding hydrogens is 358 g/mol. The van der Waals surface area contributed by atoms with Gasteiger partial charge in [0.1, 0.15) is 5.69 Å². The first-order chi connectivity index (χ1) is 9.77. The SMILES string of the molecule is Cc1ccc(S(N)(=O)=O)cc1NC(=O)c1ccc(Br)cn1. The minimum atomic E-state index is -3.82. The number of sulfonamides is 1. The summed E-state index contributed by atoms with van der Waals surface area (Å²) < 4.78 is 23.4. The molecule has 0 aliphatic carbocycles.